The van der Waals surface area contributed by atoms with Crippen LogP contribution in [0.5, 0.6) is 11.5 Å². The summed E-state index contributed by atoms with van der Waals surface area (Å²) in [5.41, 5.74) is 15.8. The van der Waals surface area contributed by atoms with Crippen molar-refractivity contribution in [2.75, 3.05) is 16.5 Å². The van der Waals surface area contributed by atoms with Crippen LogP contribution in [0.3, 0.4) is 0 Å². The summed E-state index contributed by atoms with van der Waals surface area (Å²) in [6, 6.07) is 78.1. The summed E-state index contributed by atoms with van der Waals surface area (Å²) in [6.45, 7) is 0.624. The maximum absolute atomic E-state index is 6.90. The highest BCUT2D eigenvalue weighted by Crippen LogP contribution is 2.50. The zero-order chi connectivity index (χ0) is 43.3. The zero-order valence-electron chi connectivity index (χ0n) is 35.7. The van der Waals surface area contributed by atoms with E-state index < -0.39 is 0 Å². The Morgan fingerprint density at radius 2 is 0.955 bits per heavy atom. The number of hydrogen-bond donors (Lipinski definition) is 0. The van der Waals surface area contributed by atoms with E-state index >= 15 is 0 Å². The van der Waals surface area contributed by atoms with Crippen LogP contribution in [0.25, 0.3) is 87.8 Å². The number of anilines is 4. The lowest BCUT2D eigenvalue weighted by Crippen LogP contribution is -2.24. The van der Waals surface area contributed by atoms with E-state index in [4.69, 9.17) is 9.72 Å². The van der Waals surface area contributed by atoms with Crippen LogP contribution < -0.4 is 14.5 Å². The first-order valence-electron chi connectivity index (χ1n) is 22.5. The molecule has 0 unspecified atom stereocenters. The number of ether oxygens (including phenoxy) is 1. The van der Waals surface area contributed by atoms with Crippen molar-refractivity contribution in [3.63, 3.8) is 0 Å². The van der Waals surface area contributed by atoms with Gasteiger partial charge in [-0.1, -0.05) is 146 Å². The molecule has 0 radical (unpaired) electrons. The van der Waals surface area contributed by atoms with E-state index in [1.54, 1.807) is 0 Å². The summed E-state index contributed by atoms with van der Waals surface area (Å²) in [5, 5.41) is 7.01. The van der Waals surface area contributed by atoms with Crippen LogP contribution in [0.4, 0.5) is 22.7 Å². The molecule has 1 aliphatic heterocycles. The molecule has 5 heterocycles. The Labute approximate surface area is 380 Å². The molecule has 0 bridgehead atoms. The Morgan fingerprint density at radius 1 is 0.379 bits per heavy atom. The maximum atomic E-state index is 6.90. The monoisotopic (exact) mass is 845 g/mol. The lowest BCUT2D eigenvalue weighted by molar-refractivity contribution is 0.483. The summed E-state index contributed by atoms with van der Waals surface area (Å²) >= 11 is 0. The molecule has 6 nitrogen and oxygen atoms in total. The average Bonchev–Trinajstić information content (AvgIpc) is 4.04. The fourth-order valence-corrected chi connectivity index (χ4v) is 10.8. The lowest BCUT2D eigenvalue weighted by Gasteiger charge is -2.27. The van der Waals surface area contributed by atoms with E-state index in [1.165, 1.54) is 55.1 Å². The Balaban J connectivity index is 0.907. The minimum atomic E-state index is 0.624. The number of fused-ring (bicyclic) bond motifs is 11. The van der Waals surface area contributed by atoms with Crippen LogP contribution in [0.2, 0.25) is 0 Å². The first kappa shape index (κ1) is 36.6. The second kappa shape index (κ2) is 14.3. The first-order valence-corrected chi connectivity index (χ1v) is 22.5. The second-order valence-corrected chi connectivity index (χ2v) is 17.1. The van der Waals surface area contributed by atoms with E-state index in [1.807, 2.05) is 18.3 Å². The number of nitrogens with zero attached hydrogens (tertiary/aromatic N) is 5. The Morgan fingerprint density at radius 3 is 1.74 bits per heavy atom. The molecular weight excluding hydrogens is 807 g/mol. The fraction of sp³-hybridized carbons (Fsp3) is 0.0167. The Kier molecular flexibility index (Phi) is 7.94. The van der Waals surface area contributed by atoms with Gasteiger partial charge in [-0.3, -0.25) is 4.40 Å². The van der Waals surface area contributed by atoms with Crippen LogP contribution in [0.1, 0.15) is 0 Å². The molecule has 0 saturated carbocycles. The van der Waals surface area contributed by atoms with Gasteiger partial charge in [-0.05, 0) is 71.8 Å². The van der Waals surface area contributed by atoms with Crippen molar-refractivity contribution in [2.45, 2.75) is 0 Å². The number of pyridine rings is 1. The van der Waals surface area contributed by atoms with Crippen molar-refractivity contribution in [2.24, 2.45) is 0 Å². The van der Waals surface area contributed by atoms with Gasteiger partial charge in [-0.15, -0.1) is 0 Å². The molecule has 6 heteroatoms. The molecule has 1 aliphatic rings. The third kappa shape index (κ3) is 5.39. The quantitative estimate of drug-likeness (QED) is 0.167. The summed E-state index contributed by atoms with van der Waals surface area (Å²) in [5.74, 6) is 1.51. The van der Waals surface area contributed by atoms with Crippen LogP contribution in [-0.4, -0.2) is 20.5 Å². The predicted molar refractivity (Wildman–Crippen MR) is 273 cm³/mol. The van der Waals surface area contributed by atoms with Gasteiger partial charge in [-0.25, -0.2) is 4.98 Å². The van der Waals surface area contributed by atoms with Gasteiger partial charge >= 0.3 is 0 Å². The van der Waals surface area contributed by atoms with Crippen LogP contribution >= 0.6 is 0 Å². The molecule has 310 valence electrons. The van der Waals surface area contributed by atoms with E-state index in [0.717, 1.165) is 66.9 Å². The number of rotatable bonds is 6. The van der Waals surface area contributed by atoms with Crippen molar-refractivity contribution >= 4 is 88.3 Å². The third-order valence-electron chi connectivity index (χ3n) is 13.5. The normalized spacial score (nSPS) is 12.7. The number of para-hydroxylation sites is 6. The molecule has 0 amide bonds. The van der Waals surface area contributed by atoms with Crippen LogP contribution in [0.15, 0.2) is 225 Å². The largest absolute Gasteiger partial charge is 0.457 e. The molecule has 66 heavy (non-hydrogen) atoms. The summed E-state index contributed by atoms with van der Waals surface area (Å²) in [7, 11) is 0. The van der Waals surface area contributed by atoms with E-state index in [0.29, 0.717) is 6.67 Å². The third-order valence-corrected chi connectivity index (χ3v) is 13.5. The lowest BCUT2D eigenvalue weighted by atomic mass is 9.95. The zero-order valence-corrected chi connectivity index (χ0v) is 35.7. The highest BCUT2D eigenvalue weighted by Gasteiger charge is 2.31. The van der Waals surface area contributed by atoms with Gasteiger partial charge in [0.2, 0.25) is 0 Å². The van der Waals surface area contributed by atoms with Gasteiger partial charge in [0.15, 0.2) is 0 Å². The SMILES string of the molecule is c1ccc(-c2cccc(-c3ccccc3)c2N2CN(c3cccc(Oc4ccc5c6cccc7c6n(c5c4)c4ncccc4c4cccc5c6ccccc6n7c54)c3)c3ccccc32)cc1. The molecule has 0 N–H and O–H groups in total. The molecule has 4 aromatic heterocycles. The standard InChI is InChI=1S/C60H39N5O/c1-3-16-39(17-4-1)44-23-12-24-45(40-18-5-2-6-19-40)57(44)63-38-62(53-30-9-10-31-54(53)63)41-20-11-21-42(36-41)66-43-33-34-47-49-27-14-32-55-59(49)65(56(47)37-43)60-51(28-15-35-61-60)50-26-13-25-48-46-22-7-8-29-52(46)64(55)58(48)50/h1-37H,38H2. The molecular formula is C60H39N5O. The summed E-state index contributed by atoms with van der Waals surface area (Å²) in [4.78, 5) is 10.0. The van der Waals surface area contributed by atoms with E-state index in [-0.39, 0.29) is 0 Å². The molecule has 13 aromatic rings. The minimum absolute atomic E-state index is 0.624. The van der Waals surface area contributed by atoms with Gasteiger partial charge in [0, 0.05) is 67.5 Å². The van der Waals surface area contributed by atoms with Gasteiger partial charge in [0.05, 0.1) is 44.6 Å². The number of aromatic nitrogens is 3. The highest BCUT2D eigenvalue weighted by atomic mass is 16.5. The molecule has 0 fully saturated rings. The molecule has 0 spiro atoms. The Hall–Kier alpha value is -8.87. The van der Waals surface area contributed by atoms with Crippen LogP contribution in [-0.2, 0) is 0 Å². The smallest absolute Gasteiger partial charge is 0.145 e. The fourth-order valence-electron chi connectivity index (χ4n) is 10.8. The first-order chi connectivity index (χ1) is 32.8. The van der Waals surface area contributed by atoms with Gasteiger partial charge in [0.25, 0.3) is 0 Å². The topological polar surface area (TPSA) is 37.4 Å². The van der Waals surface area contributed by atoms with Crippen molar-refractivity contribution in [1.82, 2.24) is 13.8 Å². The van der Waals surface area contributed by atoms with Crippen molar-refractivity contribution < 1.29 is 4.74 Å². The van der Waals surface area contributed by atoms with Gasteiger partial charge < -0.3 is 18.9 Å². The predicted octanol–water partition coefficient (Wildman–Crippen LogP) is 15.7. The van der Waals surface area contributed by atoms with Crippen molar-refractivity contribution in [1.29, 1.82) is 0 Å². The Bertz CT molecular complexity index is 4020. The molecule has 0 atom stereocenters. The van der Waals surface area contributed by atoms with Gasteiger partial charge in [0.1, 0.15) is 23.8 Å². The molecule has 0 aliphatic carbocycles. The van der Waals surface area contributed by atoms with Crippen molar-refractivity contribution in [3.8, 4) is 33.8 Å². The average molecular weight is 846 g/mol. The molecule has 0 saturated heterocycles. The maximum Gasteiger partial charge on any atom is 0.145 e. The summed E-state index contributed by atoms with van der Waals surface area (Å²) < 4.78 is 11.7. The molecule has 14 rings (SSSR count). The molecule has 9 aromatic carbocycles. The second-order valence-electron chi connectivity index (χ2n) is 17.1. The van der Waals surface area contributed by atoms with Crippen LogP contribution in [0, 0.1) is 0 Å². The van der Waals surface area contributed by atoms with E-state index in [2.05, 4.69) is 225 Å². The van der Waals surface area contributed by atoms with E-state index in [9.17, 15) is 0 Å². The van der Waals surface area contributed by atoms with Crippen molar-refractivity contribution in [3.05, 3.63) is 225 Å². The number of hydrogen-bond acceptors (Lipinski definition) is 4. The summed E-state index contributed by atoms with van der Waals surface area (Å²) in [6.07, 6.45) is 1.91. The number of benzene rings is 9. The highest BCUT2D eigenvalue weighted by molar-refractivity contribution is 6.23. The van der Waals surface area contributed by atoms with Gasteiger partial charge in [-0.2, -0.15) is 0 Å². The minimum Gasteiger partial charge on any atom is -0.457 e.